The summed E-state index contributed by atoms with van der Waals surface area (Å²) >= 11 is 3.50. The molecular weight excluding hydrogens is 478 g/mol. The van der Waals surface area contributed by atoms with Crippen LogP contribution in [0.15, 0.2) is 75.4 Å². The third-order valence-electron chi connectivity index (χ3n) is 7.06. The number of halogens is 2. The van der Waals surface area contributed by atoms with E-state index in [0.29, 0.717) is 12.0 Å². The maximum absolute atomic E-state index is 14.0. The van der Waals surface area contributed by atoms with Crippen molar-refractivity contribution in [2.24, 2.45) is 0 Å². The molecule has 1 saturated heterocycles. The minimum Gasteiger partial charge on any atom is -0.300 e. The summed E-state index contributed by atoms with van der Waals surface area (Å²) in [7, 11) is 0. The van der Waals surface area contributed by atoms with Gasteiger partial charge in [-0.15, -0.1) is 11.8 Å². The molecular formula is C29H32F2N2S2. The van der Waals surface area contributed by atoms with E-state index in [1.807, 2.05) is 18.2 Å². The Bertz CT molecular complexity index is 1160. The fourth-order valence-electron chi connectivity index (χ4n) is 4.96. The van der Waals surface area contributed by atoms with Gasteiger partial charge in [-0.05, 0) is 71.5 Å². The van der Waals surface area contributed by atoms with Crippen LogP contribution in [0.5, 0.6) is 0 Å². The number of hydrogen-bond donors (Lipinski definition) is 0. The van der Waals surface area contributed by atoms with E-state index in [-0.39, 0.29) is 11.6 Å². The second-order valence-electron chi connectivity index (χ2n) is 9.71. The van der Waals surface area contributed by atoms with Crippen molar-refractivity contribution in [3.8, 4) is 0 Å². The van der Waals surface area contributed by atoms with Crippen molar-refractivity contribution in [2.45, 2.75) is 46.9 Å². The van der Waals surface area contributed by atoms with E-state index in [9.17, 15) is 8.78 Å². The van der Waals surface area contributed by atoms with E-state index in [1.54, 1.807) is 35.7 Å². The second kappa shape index (κ2) is 11.0. The molecule has 2 aliphatic heterocycles. The number of nitrogens with zero attached hydrogens (tertiary/aromatic N) is 2. The molecule has 184 valence electrons. The van der Waals surface area contributed by atoms with Crippen LogP contribution in [0.3, 0.4) is 0 Å². The van der Waals surface area contributed by atoms with Gasteiger partial charge >= 0.3 is 0 Å². The van der Waals surface area contributed by atoms with Crippen LogP contribution >= 0.6 is 23.5 Å². The second-order valence-corrected chi connectivity index (χ2v) is 12.0. The van der Waals surface area contributed by atoms with Gasteiger partial charge in [-0.1, -0.05) is 43.8 Å². The van der Waals surface area contributed by atoms with Gasteiger partial charge in [-0.3, -0.25) is 9.80 Å². The number of piperazine rings is 1. The number of rotatable bonds is 6. The van der Waals surface area contributed by atoms with Crippen LogP contribution in [0.25, 0.3) is 0 Å². The summed E-state index contributed by atoms with van der Waals surface area (Å²) in [5.41, 5.74) is 3.99. The Labute approximate surface area is 216 Å². The van der Waals surface area contributed by atoms with Gasteiger partial charge in [-0.2, -0.15) is 0 Å². The highest BCUT2D eigenvalue weighted by molar-refractivity contribution is 7.99. The van der Waals surface area contributed by atoms with Gasteiger partial charge < -0.3 is 0 Å². The summed E-state index contributed by atoms with van der Waals surface area (Å²) in [6.45, 7) is 9.66. The van der Waals surface area contributed by atoms with Crippen molar-refractivity contribution in [2.75, 3.05) is 38.5 Å². The zero-order chi connectivity index (χ0) is 24.4. The lowest BCUT2D eigenvalue weighted by Crippen LogP contribution is -2.48. The molecule has 0 saturated carbocycles. The van der Waals surface area contributed by atoms with Gasteiger partial charge in [0.2, 0.25) is 0 Å². The van der Waals surface area contributed by atoms with Crippen molar-refractivity contribution in [1.29, 1.82) is 0 Å². The SMILES string of the molecule is CC(C)c1ccc2c(c1)C(N1CCN(CCSc3ccc(F)cc3)CC1)Cc1ccc(F)cc1S2. The first kappa shape index (κ1) is 24.8. The monoisotopic (exact) mass is 510 g/mol. The molecule has 0 radical (unpaired) electrons. The molecule has 0 bridgehead atoms. The average molecular weight is 511 g/mol. The molecule has 0 amide bonds. The Morgan fingerprint density at radius 2 is 1.63 bits per heavy atom. The molecule has 6 heteroatoms. The average Bonchev–Trinajstić information content (AvgIpc) is 3.01. The van der Waals surface area contributed by atoms with Gasteiger partial charge in [0, 0.05) is 59.2 Å². The first-order valence-electron chi connectivity index (χ1n) is 12.4. The fraction of sp³-hybridized carbons (Fsp3) is 0.379. The van der Waals surface area contributed by atoms with Crippen molar-refractivity contribution in [1.82, 2.24) is 9.80 Å². The van der Waals surface area contributed by atoms with Crippen LogP contribution in [0, 0.1) is 11.6 Å². The largest absolute Gasteiger partial charge is 0.300 e. The number of fused-ring (bicyclic) bond motifs is 2. The Kier molecular flexibility index (Phi) is 7.83. The predicted octanol–water partition coefficient (Wildman–Crippen LogP) is 7.25. The number of thioether (sulfide) groups is 1. The number of benzene rings is 3. The standard InChI is InChI=1S/C29H32F2N2S2/c1-20(2)21-4-10-28-26(17-21)27(18-22-3-5-24(31)19-29(22)35-28)33-13-11-32(12-14-33)15-16-34-25-8-6-23(30)7-9-25/h3-10,17,19-20,27H,11-16,18H2,1-2H3. The molecule has 1 unspecified atom stereocenters. The summed E-state index contributed by atoms with van der Waals surface area (Å²) in [6, 6.07) is 19.2. The number of hydrogen-bond acceptors (Lipinski definition) is 4. The fourth-order valence-corrected chi connectivity index (χ4v) is 7.01. The summed E-state index contributed by atoms with van der Waals surface area (Å²) in [4.78, 5) is 8.58. The molecule has 1 atom stereocenters. The van der Waals surface area contributed by atoms with E-state index in [1.165, 1.54) is 33.7 Å². The Morgan fingerprint density at radius 3 is 2.37 bits per heavy atom. The molecule has 1 fully saturated rings. The van der Waals surface area contributed by atoms with Gasteiger partial charge in [0.1, 0.15) is 11.6 Å². The predicted molar refractivity (Wildman–Crippen MR) is 143 cm³/mol. The van der Waals surface area contributed by atoms with Gasteiger partial charge in [0.15, 0.2) is 0 Å². The van der Waals surface area contributed by atoms with Crippen LogP contribution in [-0.4, -0.2) is 48.3 Å². The van der Waals surface area contributed by atoms with Gasteiger partial charge in [0.05, 0.1) is 0 Å². The summed E-state index contributed by atoms with van der Waals surface area (Å²) < 4.78 is 27.2. The third-order valence-corrected chi connectivity index (χ3v) is 9.24. The van der Waals surface area contributed by atoms with Crippen LogP contribution in [0.2, 0.25) is 0 Å². The highest BCUT2D eigenvalue weighted by Gasteiger charge is 2.30. The molecule has 2 aliphatic rings. The molecule has 2 heterocycles. The molecule has 5 rings (SSSR count). The van der Waals surface area contributed by atoms with Crippen LogP contribution < -0.4 is 0 Å². The Balaban J connectivity index is 1.28. The smallest absolute Gasteiger partial charge is 0.124 e. The summed E-state index contributed by atoms with van der Waals surface area (Å²) in [5.74, 6) is 1.13. The Hall–Kier alpha value is -1.86. The summed E-state index contributed by atoms with van der Waals surface area (Å²) in [6.07, 6.45) is 0.914. The van der Waals surface area contributed by atoms with Crippen LogP contribution in [0.1, 0.15) is 42.5 Å². The lowest BCUT2D eigenvalue weighted by atomic mass is 9.93. The minimum absolute atomic E-state index is 0.165. The lowest BCUT2D eigenvalue weighted by Gasteiger charge is -2.40. The van der Waals surface area contributed by atoms with Crippen LogP contribution in [0.4, 0.5) is 8.78 Å². The lowest BCUT2D eigenvalue weighted by molar-refractivity contribution is 0.0983. The zero-order valence-corrected chi connectivity index (χ0v) is 22.0. The molecule has 3 aromatic rings. The highest BCUT2D eigenvalue weighted by Crippen LogP contribution is 2.44. The molecule has 0 aliphatic carbocycles. The Morgan fingerprint density at radius 1 is 0.886 bits per heavy atom. The van der Waals surface area contributed by atoms with Gasteiger partial charge in [-0.25, -0.2) is 8.78 Å². The quantitative estimate of drug-likeness (QED) is 0.322. The third kappa shape index (κ3) is 5.93. The topological polar surface area (TPSA) is 6.48 Å². The molecule has 0 spiro atoms. The first-order valence-corrected chi connectivity index (χ1v) is 14.2. The highest BCUT2D eigenvalue weighted by atomic mass is 32.2. The van der Waals surface area contributed by atoms with E-state index in [2.05, 4.69) is 41.8 Å². The minimum atomic E-state index is -0.183. The van der Waals surface area contributed by atoms with Crippen molar-refractivity contribution >= 4 is 23.5 Å². The maximum Gasteiger partial charge on any atom is 0.124 e. The molecule has 2 nitrogen and oxygen atoms in total. The summed E-state index contributed by atoms with van der Waals surface area (Å²) in [5, 5.41) is 0. The van der Waals surface area contributed by atoms with Crippen molar-refractivity contribution in [3.63, 3.8) is 0 Å². The van der Waals surface area contributed by atoms with E-state index in [0.717, 1.165) is 54.7 Å². The zero-order valence-electron chi connectivity index (χ0n) is 20.3. The van der Waals surface area contributed by atoms with E-state index < -0.39 is 0 Å². The van der Waals surface area contributed by atoms with E-state index >= 15 is 0 Å². The molecule has 35 heavy (non-hydrogen) atoms. The first-order chi connectivity index (χ1) is 17.0. The molecule has 3 aromatic carbocycles. The van der Waals surface area contributed by atoms with E-state index in [4.69, 9.17) is 0 Å². The molecule has 0 N–H and O–H groups in total. The van der Waals surface area contributed by atoms with Gasteiger partial charge in [0.25, 0.3) is 0 Å². The van der Waals surface area contributed by atoms with Crippen molar-refractivity contribution < 1.29 is 8.78 Å². The maximum atomic E-state index is 14.0. The molecule has 0 aromatic heterocycles. The van der Waals surface area contributed by atoms with Crippen LogP contribution in [-0.2, 0) is 6.42 Å². The normalized spacial score (nSPS) is 18.8. The van der Waals surface area contributed by atoms with Crippen molar-refractivity contribution in [3.05, 3.63) is 89.0 Å².